The number of nitrogens with zero attached hydrogens (tertiary/aromatic N) is 1. The number of alkyl halides is 3. The normalized spacial score (nSPS) is 20.1. The highest BCUT2D eigenvalue weighted by molar-refractivity contribution is 6.14. The third-order valence-electron chi connectivity index (χ3n) is 8.08. The van der Waals surface area contributed by atoms with Gasteiger partial charge in [0.1, 0.15) is 23.3 Å². The molecule has 0 fully saturated rings. The molecule has 2 N–H and O–H groups in total. The van der Waals surface area contributed by atoms with Crippen LogP contribution in [-0.4, -0.2) is 39.1 Å². The van der Waals surface area contributed by atoms with Gasteiger partial charge in [0.05, 0.1) is 38.4 Å². The number of hydrogen-bond acceptors (Lipinski definition) is 8. The van der Waals surface area contributed by atoms with Crippen LogP contribution >= 0.6 is 0 Å². The molecule has 1 heterocycles. The number of Topliss-reactive ketones (excluding diaryl/α,β-unsaturated/α-hetero) is 1. The number of hydrogen-bond donors (Lipinski definition) is 1. The van der Waals surface area contributed by atoms with Crippen molar-refractivity contribution in [2.24, 2.45) is 11.7 Å². The van der Waals surface area contributed by atoms with Crippen molar-refractivity contribution in [3.8, 4) is 5.75 Å². The summed E-state index contributed by atoms with van der Waals surface area (Å²) in [7, 11) is 3.70. The van der Waals surface area contributed by atoms with Crippen molar-refractivity contribution in [2.45, 2.75) is 24.4 Å². The van der Waals surface area contributed by atoms with Crippen LogP contribution in [0.1, 0.15) is 34.9 Å². The number of carbonyl (C=O) groups excluding carboxylic acids is 3. The molecule has 0 bridgehead atoms. The van der Waals surface area contributed by atoms with Crippen molar-refractivity contribution < 1.29 is 46.2 Å². The predicted octanol–water partition coefficient (Wildman–Crippen LogP) is 5.60. The molecule has 8 nitrogen and oxygen atoms in total. The summed E-state index contributed by atoms with van der Waals surface area (Å²) in [5.74, 6) is -6.39. The van der Waals surface area contributed by atoms with Crippen LogP contribution in [0.25, 0.3) is 0 Å². The number of methoxy groups -OCH3 is 3. The average Bonchev–Trinajstić information content (AvgIpc) is 3.03. The maximum atomic E-state index is 14.6. The van der Waals surface area contributed by atoms with Gasteiger partial charge in [-0.3, -0.25) is 14.5 Å². The molecular weight excluding hydrogens is 596 g/mol. The van der Waals surface area contributed by atoms with Crippen LogP contribution in [-0.2, 0) is 30.0 Å². The summed E-state index contributed by atoms with van der Waals surface area (Å²) in [4.78, 5) is 42.5. The van der Waals surface area contributed by atoms with Gasteiger partial charge in [0.15, 0.2) is 5.78 Å². The highest BCUT2D eigenvalue weighted by atomic mass is 19.4. The van der Waals surface area contributed by atoms with E-state index in [1.54, 1.807) is 24.3 Å². The van der Waals surface area contributed by atoms with Crippen molar-refractivity contribution in [2.75, 3.05) is 26.2 Å². The van der Waals surface area contributed by atoms with E-state index >= 15 is 0 Å². The van der Waals surface area contributed by atoms with Gasteiger partial charge in [-0.1, -0.05) is 30.3 Å². The molecule has 5 rings (SSSR count). The molecule has 3 atom stereocenters. The van der Waals surface area contributed by atoms with E-state index in [2.05, 4.69) is 0 Å². The minimum absolute atomic E-state index is 0.0732. The zero-order valence-corrected chi connectivity index (χ0v) is 24.4. The first-order valence-corrected chi connectivity index (χ1v) is 13.7. The minimum Gasteiger partial charge on any atom is -0.497 e. The molecule has 3 aromatic carbocycles. The predicted molar refractivity (Wildman–Crippen MR) is 154 cm³/mol. The van der Waals surface area contributed by atoms with Gasteiger partial charge in [-0.25, -0.2) is 9.18 Å². The number of allylic oxidation sites excluding steroid dienone is 2. The molecule has 12 heteroatoms. The molecule has 0 radical (unpaired) electrons. The lowest BCUT2D eigenvalue weighted by Gasteiger charge is -2.44. The van der Waals surface area contributed by atoms with Crippen LogP contribution < -0.4 is 15.4 Å². The largest absolute Gasteiger partial charge is 0.497 e. The van der Waals surface area contributed by atoms with Gasteiger partial charge in [-0.15, -0.1) is 0 Å². The molecule has 0 amide bonds. The second-order valence-electron chi connectivity index (χ2n) is 10.5. The monoisotopic (exact) mass is 624 g/mol. The lowest BCUT2D eigenvalue weighted by atomic mass is 9.67. The summed E-state index contributed by atoms with van der Waals surface area (Å²) in [6, 6.07) is 15.9. The van der Waals surface area contributed by atoms with E-state index in [9.17, 15) is 31.9 Å². The molecule has 45 heavy (non-hydrogen) atoms. The molecule has 3 aromatic rings. The minimum atomic E-state index is -4.71. The maximum Gasteiger partial charge on any atom is 0.416 e. The standard InChI is InChI=1S/C33H28F4N2O6/c1-43-22-13-9-17(10-14-22)23-16-24-27(29(40)26(23)31(41)44-2)25(18-7-11-20(34)12-8-18)28(32(42)45-3)30(38)39(24)21-6-4-5-19(15-21)33(35,36)37/h4-15,23,25-26H,16,38H2,1-3H3/t23-,25-,26-/m1/s1. The van der Waals surface area contributed by atoms with Gasteiger partial charge in [-0.2, -0.15) is 13.2 Å². The summed E-state index contributed by atoms with van der Waals surface area (Å²) in [5, 5.41) is 0. The average molecular weight is 625 g/mol. The van der Waals surface area contributed by atoms with Crippen LogP contribution in [0.15, 0.2) is 95.5 Å². The number of halogens is 4. The smallest absolute Gasteiger partial charge is 0.416 e. The molecular formula is C33H28F4N2O6. The molecule has 0 unspecified atom stereocenters. The first kappa shape index (κ1) is 31.3. The van der Waals surface area contributed by atoms with Crippen molar-refractivity contribution in [1.29, 1.82) is 0 Å². The van der Waals surface area contributed by atoms with Gasteiger partial charge in [0.25, 0.3) is 0 Å². The van der Waals surface area contributed by atoms with Gasteiger partial charge < -0.3 is 19.9 Å². The first-order valence-electron chi connectivity index (χ1n) is 13.7. The number of ether oxygens (including phenoxy) is 3. The Morgan fingerprint density at radius 2 is 1.56 bits per heavy atom. The van der Waals surface area contributed by atoms with Crippen molar-refractivity contribution in [1.82, 2.24) is 0 Å². The number of nitrogens with two attached hydrogens (primary N) is 1. The Bertz CT molecular complexity index is 1710. The fourth-order valence-electron chi connectivity index (χ4n) is 6.00. The van der Waals surface area contributed by atoms with Crippen LogP contribution in [0.5, 0.6) is 5.75 Å². The Balaban J connectivity index is 1.83. The number of esters is 2. The van der Waals surface area contributed by atoms with E-state index < -0.39 is 53.0 Å². The highest BCUT2D eigenvalue weighted by Gasteiger charge is 2.51. The Labute approximate surface area is 255 Å². The molecule has 0 spiro atoms. The van der Waals surface area contributed by atoms with E-state index in [0.717, 1.165) is 38.5 Å². The van der Waals surface area contributed by atoms with Crippen LogP contribution in [0, 0.1) is 11.7 Å². The second kappa shape index (κ2) is 12.1. The van der Waals surface area contributed by atoms with Crippen molar-refractivity contribution in [3.05, 3.63) is 118 Å². The van der Waals surface area contributed by atoms with Crippen molar-refractivity contribution >= 4 is 23.4 Å². The Hall–Kier alpha value is -5.13. The fourth-order valence-corrected chi connectivity index (χ4v) is 6.00. The van der Waals surface area contributed by atoms with E-state index in [0.29, 0.717) is 11.3 Å². The summed E-state index contributed by atoms with van der Waals surface area (Å²) >= 11 is 0. The van der Waals surface area contributed by atoms with E-state index in [-0.39, 0.29) is 40.3 Å². The quantitative estimate of drug-likeness (QED) is 0.215. The van der Waals surface area contributed by atoms with Crippen LogP contribution in [0.2, 0.25) is 0 Å². The van der Waals surface area contributed by atoms with E-state index in [1.807, 2.05) is 0 Å². The van der Waals surface area contributed by atoms with Crippen molar-refractivity contribution in [3.63, 3.8) is 0 Å². The zero-order chi connectivity index (χ0) is 32.6. The number of anilines is 1. The maximum absolute atomic E-state index is 14.6. The summed E-state index contributed by atoms with van der Waals surface area (Å²) < 4.78 is 70.8. The molecule has 0 aromatic heterocycles. The third-order valence-corrected chi connectivity index (χ3v) is 8.08. The third kappa shape index (κ3) is 5.63. The Kier molecular flexibility index (Phi) is 8.42. The molecule has 0 saturated carbocycles. The van der Waals surface area contributed by atoms with Crippen LogP contribution in [0.4, 0.5) is 23.2 Å². The summed E-state index contributed by atoms with van der Waals surface area (Å²) in [6.07, 6.45) is -4.79. The first-order chi connectivity index (χ1) is 21.4. The summed E-state index contributed by atoms with van der Waals surface area (Å²) in [6.45, 7) is 0. The Morgan fingerprint density at radius 3 is 2.13 bits per heavy atom. The number of ketones is 1. The van der Waals surface area contributed by atoms with E-state index in [4.69, 9.17) is 19.9 Å². The summed E-state index contributed by atoms with van der Waals surface area (Å²) in [5.41, 5.74) is 6.22. The molecule has 2 aliphatic rings. The molecule has 0 saturated heterocycles. The second-order valence-corrected chi connectivity index (χ2v) is 10.5. The zero-order valence-electron chi connectivity index (χ0n) is 24.4. The molecule has 1 aliphatic carbocycles. The number of rotatable bonds is 6. The van der Waals surface area contributed by atoms with Gasteiger partial charge in [-0.05, 0) is 60.0 Å². The van der Waals surface area contributed by atoms with Crippen LogP contribution in [0.3, 0.4) is 0 Å². The van der Waals surface area contributed by atoms with Gasteiger partial charge in [0.2, 0.25) is 0 Å². The van der Waals surface area contributed by atoms with Gasteiger partial charge >= 0.3 is 18.1 Å². The SMILES string of the molecule is COC(=O)C1=C(N)N(c2cccc(C(F)(F)F)c2)C2=C(C(=O)[C@H](C(=O)OC)[C@@H](c3ccc(OC)cc3)C2)[C@H]1c1ccc(F)cc1. The topological polar surface area (TPSA) is 108 Å². The highest BCUT2D eigenvalue weighted by Crippen LogP contribution is 2.52. The fraction of sp³-hybridized carbons (Fsp3) is 0.242. The molecule has 1 aliphatic heterocycles. The molecule has 234 valence electrons. The Morgan fingerprint density at radius 1 is 0.911 bits per heavy atom. The lowest BCUT2D eigenvalue weighted by molar-refractivity contribution is -0.150. The van der Waals surface area contributed by atoms with Gasteiger partial charge in [0, 0.05) is 22.9 Å². The number of benzene rings is 3. The van der Waals surface area contributed by atoms with E-state index in [1.165, 1.54) is 36.3 Å². The number of carbonyl (C=O) groups is 3. The lowest BCUT2D eigenvalue weighted by Crippen LogP contribution is -2.46.